The number of hydrogen-bond acceptors (Lipinski definition) is 3. The Morgan fingerprint density at radius 2 is 1.70 bits per heavy atom. The van der Waals surface area contributed by atoms with Gasteiger partial charge in [0, 0.05) is 10.2 Å². The van der Waals surface area contributed by atoms with Crippen molar-refractivity contribution in [3.63, 3.8) is 0 Å². The molecule has 144 valence electrons. The van der Waals surface area contributed by atoms with E-state index in [0.717, 1.165) is 15.7 Å². The fourth-order valence-corrected chi connectivity index (χ4v) is 2.74. The Kier molecular flexibility index (Phi) is 8.44. The Morgan fingerprint density at radius 3 is 2.30 bits per heavy atom. The zero-order valence-electron chi connectivity index (χ0n) is 13.7. The molecule has 0 aliphatic carbocycles. The number of rotatable bonds is 5. The normalized spacial score (nSPS) is 12.0. The average Bonchev–Trinajstić information content (AvgIpc) is 2.61. The summed E-state index contributed by atoms with van der Waals surface area (Å²) in [6.07, 6.45) is -1.87. The highest BCUT2D eigenvalue weighted by molar-refractivity contribution is 9.10. The van der Waals surface area contributed by atoms with E-state index in [4.69, 9.17) is 51.8 Å². The second-order valence-electron chi connectivity index (χ2n) is 5.29. The lowest BCUT2D eigenvalue weighted by Gasteiger charge is -2.27. The number of alkyl carbamates (subject to hydrolysis) is 1. The molecule has 27 heavy (non-hydrogen) atoms. The highest BCUT2D eigenvalue weighted by Crippen LogP contribution is 2.29. The van der Waals surface area contributed by atoms with E-state index in [1.165, 1.54) is 0 Å². The number of benzene rings is 2. The van der Waals surface area contributed by atoms with E-state index < -0.39 is 16.1 Å². The van der Waals surface area contributed by atoms with Gasteiger partial charge < -0.3 is 15.4 Å². The second-order valence-corrected chi connectivity index (χ2v) is 8.98. The number of thiocarbonyl (C=S) groups is 1. The van der Waals surface area contributed by atoms with Crippen molar-refractivity contribution >= 4 is 79.8 Å². The van der Waals surface area contributed by atoms with E-state index in [-0.39, 0.29) is 11.7 Å². The summed E-state index contributed by atoms with van der Waals surface area (Å²) >= 11 is 26.4. The minimum Gasteiger partial charge on any atom is -0.445 e. The van der Waals surface area contributed by atoms with Crippen LogP contribution in [0.3, 0.4) is 0 Å². The second kappa shape index (κ2) is 10.3. The maximum atomic E-state index is 12.0. The lowest BCUT2D eigenvalue weighted by molar-refractivity contribution is 0.135. The summed E-state index contributed by atoms with van der Waals surface area (Å²) in [6, 6.07) is 16.5. The molecule has 0 saturated heterocycles. The largest absolute Gasteiger partial charge is 0.445 e. The van der Waals surface area contributed by atoms with Crippen LogP contribution < -0.4 is 16.0 Å². The molecule has 1 atom stereocenters. The zero-order chi connectivity index (χ0) is 19.9. The van der Waals surface area contributed by atoms with E-state index in [0.29, 0.717) is 0 Å². The van der Waals surface area contributed by atoms with Gasteiger partial charge in [0.1, 0.15) is 6.61 Å². The molecule has 0 bridgehead atoms. The first-order chi connectivity index (χ1) is 12.7. The topological polar surface area (TPSA) is 62.4 Å². The van der Waals surface area contributed by atoms with Crippen LogP contribution in [0.5, 0.6) is 0 Å². The van der Waals surface area contributed by atoms with Gasteiger partial charge in [-0.15, -0.1) is 0 Å². The smallest absolute Gasteiger partial charge is 0.409 e. The van der Waals surface area contributed by atoms with Crippen molar-refractivity contribution in [2.45, 2.75) is 16.6 Å². The van der Waals surface area contributed by atoms with Gasteiger partial charge in [-0.1, -0.05) is 81.1 Å². The fraction of sp³-hybridized carbons (Fsp3) is 0.176. The predicted octanol–water partition coefficient (Wildman–Crippen LogP) is 5.36. The van der Waals surface area contributed by atoms with E-state index in [9.17, 15) is 4.79 Å². The minimum absolute atomic E-state index is 0.0842. The predicted molar refractivity (Wildman–Crippen MR) is 117 cm³/mol. The number of carbonyl (C=O) groups excluding carboxylic acids is 1. The zero-order valence-corrected chi connectivity index (χ0v) is 18.4. The Morgan fingerprint density at radius 1 is 1.07 bits per heavy atom. The number of nitrogens with one attached hydrogen (secondary N) is 3. The number of anilines is 1. The van der Waals surface area contributed by atoms with Gasteiger partial charge in [-0.2, -0.15) is 0 Å². The molecule has 0 aliphatic rings. The number of ether oxygens (including phenoxy) is 1. The summed E-state index contributed by atoms with van der Waals surface area (Å²) < 4.78 is 4.19. The summed E-state index contributed by atoms with van der Waals surface area (Å²) in [7, 11) is 0. The Labute approximate surface area is 185 Å². The lowest BCUT2D eigenvalue weighted by Crippen LogP contribution is -2.56. The van der Waals surface area contributed by atoms with Crippen LogP contribution in [0.1, 0.15) is 5.56 Å². The summed E-state index contributed by atoms with van der Waals surface area (Å²) in [5.41, 5.74) is 1.56. The van der Waals surface area contributed by atoms with Crippen molar-refractivity contribution in [1.82, 2.24) is 10.6 Å². The molecule has 5 nitrogen and oxygen atoms in total. The molecule has 0 aromatic heterocycles. The van der Waals surface area contributed by atoms with Crippen LogP contribution in [0.2, 0.25) is 0 Å². The molecule has 10 heteroatoms. The fourth-order valence-electron chi connectivity index (χ4n) is 1.91. The van der Waals surface area contributed by atoms with Crippen molar-refractivity contribution in [1.29, 1.82) is 0 Å². The third-order valence-electron chi connectivity index (χ3n) is 3.18. The molecule has 3 N–H and O–H groups in total. The SMILES string of the molecule is O=C(N[C@H](NC(=S)Nc1ccc(Br)cc1)C(Cl)(Cl)Cl)OCc1ccccc1. The van der Waals surface area contributed by atoms with Crippen molar-refractivity contribution in [3.8, 4) is 0 Å². The molecule has 0 heterocycles. The molecule has 0 fully saturated rings. The molecular formula is C17H15BrCl3N3O2S. The molecule has 2 aromatic carbocycles. The lowest BCUT2D eigenvalue weighted by atomic mass is 10.2. The van der Waals surface area contributed by atoms with Gasteiger partial charge in [0.05, 0.1) is 0 Å². The molecular weight excluding hydrogens is 497 g/mol. The van der Waals surface area contributed by atoms with Crippen molar-refractivity contribution in [2.75, 3.05) is 5.32 Å². The van der Waals surface area contributed by atoms with Gasteiger partial charge in [0.15, 0.2) is 11.3 Å². The van der Waals surface area contributed by atoms with Gasteiger partial charge in [-0.25, -0.2) is 4.79 Å². The summed E-state index contributed by atoms with van der Waals surface area (Å²) in [5, 5.41) is 8.30. The average molecular weight is 512 g/mol. The molecule has 0 radical (unpaired) electrons. The number of amides is 1. The number of hydrogen-bond donors (Lipinski definition) is 3. The molecule has 2 aromatic rings. The highest BCUT2D eigenvalue weighted by Gasteiger charge is 2.35. The highest BCUT2D eigenvalue weighted by atomic mass is 79.9. The van der Waals surface area contributed by atoms with Crippen LogP contribution in [-0.2, 0) is 11.3 Å². The maximum Gasteiger partial charge on any atom is 0.409 e. The Bertz CT molecular complexity index is 773. The number of carbonyl (C=O) groups is 1. The van der Waals surface area contributed by atoms with Gasteiger partial charge in [0.2, 0.25) is 3.79 Å². The molecule has 1 amide bonds. The summed E-state index contributed by atoms with van der Waals surface area (Å²) in [5.74, 6) is 0. The number of halogens is 4. The monoisotopic (exact) mass is 509 g/mol. The van der Waals surface area contributed by atoms with E-state index in [1.807, 2.05) is 54.6 Å². The van der Waals surface area contributed by atoms with Gasteiger partial charge >= 0.3 is 6.09 Å². The molecule has 0 spiro atoms. The van der Waals surface area contributed by atoms with Crippen LogP contribution in [-0.4, -0.2) is 21.2 Å². The first kappa shape index (κ1) is 22.0. The molecule has 0 aliphatic heterocycles. The first-order valence-electron chi connectivity index (χ1n) is 7.61. The summed E-state index contributed by atoms with van der Waals surface area (Å²) in [4.78, 5) is 12.0. The van der Waals surface area contributed by atoms with Crippen molar-refractivity contribution < 1.29 is 9.53 Å². The van der Waals surface area contributed by atoms with Crippen molar-refractivity contribution in [2.24, 2.45) is 0 Å². The third kappa shape index (κ3) is 8.11. The van der Waals surface area contributed by atoms with Gasteiger partial charge in [-0.05, 0) is 42.0 Å². The van der Waals surface area contributed by atoms with Gasteiger partial charge in [-0.3, -0.25) is 5.32 Å². The number of alkyl halides is 3. The standard InChI is InChI=1S/C17H15BrCl3N3O2S/c18-12-6-8-13(9-7-12)22-15(27)23-14(17(19,20)21)24-16(25)26-10-11-4-2-1-3-5-11/h1-9,14H,10H2,(H,24,25)(H2,22,23,27)/t14-/m0/s1. The van der Waals surface area contributed by atoms with Crippen LogP contribution in [0.4, 0.5) is 10.5 Å². The first-order valence-corrected chi connectivity index (χ1v) is 9.94. The van der Waals surface area contributed by atoms with Crippen LogP contribution in [0.25, 0.3) is 0 Å². The Balaban J connectivity index is 1.91. The molecule has 2 rings (SSSR count). The van der Waals surface area contributed by atoms with Crippen LogP contribution in [0, 0.1) is 0 Å². The Hall–Kier alpha value is -1.25. The minimum atomic E-state index is -1.86. The van der Waals surface area contributed by atoms with Gasteiger partial charge in [0.25, 0.3) is 0 Å². The van der Waals surface area contributed by atoms with E-state index >= 15 is 0 Å². The van der Waals surface area contributed by atoms with E-state index in [2.05, 4.69) is 31.9 Å². The van der Waals surface area contributed by atoms with Crippen LogP contribution >= 0.6 is 63.0 Å². The van der Waals surface area contributed by atoms with Crippen molar-refractivity contribution in [3.05, 3.63) is 64.6 Å². The quantitative estimate of drug-likeness (QED) is 0.287. The third-order valence-corrected chi connectivity index (χ3v) is 4.58. The van der Waals surface area contributed by atoms with E-state index in [1.54, 1.807) is 0 Å². The van der Waals surface area contributed by atoms with Crippen LogP contribution in [0.15, 0.2) is 59.1 Å². The maximum absolute atomic E-state index is 12.0. The molecule has 0 unspecified atom stereocenters. The molecule has 0 saturated carbocycles. The summed E-state index contributed by atoms with van der Waals surface area (Å²) in [6.45, 7) is 0.0842.